The summed E-state index contributed by atoms with van der Waals surface area (Å²) in [6, 6.07) is 8.22. The zero-order valence-electron chi connectivity index (χ0n) is 9.21. The lowest BCUT2D eigenvalue weighted by Crippen LogP contribution is -2.03. The summed E-state index contributed by atoms with van der Waals surface area (Å²) in [6.45, 7) is 6.04. The maximum Gasteiger partial charge on any atom is 0.134 e. The summed E-state index contributed by atoms with van der Waals surface area (Å²) in [4.78, 5) is 11.1. The van der Waals surface area contributed by atoms with Crippen molar-refractivity contribution in [3.63, 3.8) is 0 Å². The minimum Gasteiger partial charge on any atom is -0.300 e. The van der Waals surface area contributed by atoms with Gasteiger partial charge in [0.05, 0.1) is 0 Å². The summed E-state index contributed by atoms with van der Waals surface area (Å²) in [6.07, 6.45) is 1.63. The molecule has 1 aromatic carbocycles. The molecule has 1 rings (SSSR count). The van der Waals surface area contributed by atoms with Crippen molar-refractivity contribution in [3.8, 4) is 0 Å². The highest BCUT2D eigenvalue weighted by atomic mass is 16.1. The van der Waals surface area contributed by atoms with Crippen LogP contribution >= 0.6 is 0 Å². The van der Waals surface area contributed by atoms with Gasteiger partial charge in [0.15, 0.2) is 0 Å². The van der Waals surface area contributed by atoms with Crippen LogP contribution in [0.15, 0.2) is 24.3 Å². The van der Waals surface area contributed by atoms with Gasteiger partial charge in [0.1, 0.15) is 5.78 Å². The predicted octanol–water partition coefficient (Wildman–Crippen LogP) is 3.02. The summed E-state index contributed by atoms with van der Waals surface area (Å²) >= 11 is 0. The number of Topliss-reactive ketones (excluding diaryl/α,β-unsaturated/α-hetero) is 1. The Bertz CT molecular complexity index is 313. The van der Waals surface area contributed by atoms with E-state index in [1.807, 2.05) is 12.1 Å². The van der Waals surface area contributed by atoms with E-state index in [0.29, 0.717) is 12.3 Å². The largest absolute Gasteiger partial charge is 0.300 e. The standard InChI is InChI=1S/C13H18O/c1-10(2)8-12-6-4-5-7-13(12)9-11(3)14/h4-7,10H,8-9H2,1-3H3. The third kappa shape index (κ3) is 3.33. The molecule has 0 aromatic heterocycles. The molecule has 0 fully saturated rings. The molecule has 0 atom stereocenters. The zero-order chi connectivity index (χ0) is 10.6. The molecule has 1 heteroatoms. The summed E-state index contributed by atoms with van der Waals surface area (Å²) in [5.74, 6) is 0.879. The summed E-state index contributed by atoms with van der Waals surface area (Å²) in [7, 11) is 0. The second-order valence-electron chi connectivity index (χ2n) is 4.25. The molecule has 1 aromatic rings. The Kier molecular flexibility index (Phi) is 3.87. The van der Waals surface area contributed by atoms with Gasteiger partial charge in [0.25, 0.3) is 0 Å². The Hall–Kier alpha value is -1.11. The molecule has 0 bridgehead atoms. The van der Waals surface area contributed by atoms with Crippen molar-refractivity contribution in [2.24, 2.45) is 5.92 Å². The Labute approximate surface area is 86.1 Å². The second kappa shape index (κ2) is 4.94. The van der Waals surface area contributed by atoms with Gasteiger partial charge in [-0.25, -0.2) is 0 Å². The van der Waals surface area contributed by atoms with E-state index in [9.17, 15) is 4.79 Å². The molecule has 0 spiro atoms. The summed E-state index contributed by atoms with van der Waals surface area (Å²) in [5, 5.41) is 0. The molecule has 1 nitrogen and oxygen atoms in total. The number of rotatable bonds is 4. The van der Waals surface area contributed by atoms with Crippen molar-refractivity contribution in [3.05, 3.63) is 35.4 Å². The van der Waals surface area contributed by atoms with E-state index < -0.39 is 0 Å². The van der Waals surface area contributed by atoms with Gasteiger partial charge in [0.2, 0.25) is 0 Å². The van der Waals surface area contributed by atoms with Crippen LogP contribution in [-0.2, 0) is 17.6 Å². The van der Waals surface area contributed by atoms with E-state index in [-0.39, 0.29) is 5.78 Å². The quantitative estimate of drug-likeness (QED) is 0.713. The minimum atomic E-state index is 0.237. The topological polar surface area (TPSA) is 17.1 Å². The average Bonchev–Trinajstić information content (AvgIpc) is 2.06. The van der Waals surface area contributed by atoms with Crippen LogP contribution < -0.4 is 0 Å². The number of hydrogen-bond donors (Lipinski definition) is 0. The van der Waals surface area contributed by atoms with Crippen LogP contribution in [0.5, 0.6) is 0 Å². The van der Waals surface area contributed by atoms with Gasteiger partial charge in [-0.05, 0) is 30.4 Å². The van der Waals surface area contributed by atoms with Crippen molar-refractivity contribution in [2.75, 3.05) is 0 Å². The first-order valence-corrected chi connectivity index (χ1v) is 5.16. The minimum absolute atomic E-state index is 0.237. The van der Waals surface area contributed by atoms with Crippen LogP contribution in [0, 0.1) is 5.92 Å². The van der Waals surface area contributed by atoms with Crippen LogP contribution in [0.1, 0.15) is 31.9 Å². The van der Waals surface area contributed by atoms with E-state index in [1.54, 1.807) is 6.92 Å². The highest BCUT2D eigenvalue weighted by Crippen LogP contribution is 2.14. The lowest BCUT2D eigenvalue weighted by Gasteiger charge is -2.09. The fraction of sp³-hybridized carbons (Fsp3) is 0.462. The third-order valence-corrected chi connectivity index (χ3v) is 2.19. The van der Waals surface area contributed by atoms with Gasteiger partial charge in [-0.15, -0.1) is 0 Å². The molecule has 0 aliphatic heterocycles. The summed E-state index contributed by atoms with van der Waals surface area (Å²) in [5.41, 5.74) is 2.51. The first-order valence-electron chi connectivity index (χ1n) is 5.16. The fourth-order valence-electron chi connectivity index (χ4n) is 1.64. The molecule has 0 saturated heterocycles. The van der Waals surface area contributed by atoms with Crippen molar-refractivity contribution in [1.82, 2.24) is 0 Å². The first kappa shape index (κ1) is 11.0. The fourth-order valence-corrected chi connectivity index (χ4v) is 1.64. The Balaban J connectivity index is 2.85. The molecule has 0 amide bonds. The van der Waals surface area contributed by atoms with Crippen LogP contribution in [0.3, 0.4) is 0 Å². The third-order valence-electron chi connectivity index (χ3n) is 2.19. The normalized spacial score (nSPS) is 10.6. The molecule has 0 N–H and O–H groups in total. The molecule has 0 heterocycles. The monoisotopic (exact) mass is 190 g/mol. The predicted molar refractivity (Wildman–Crippen MR) is 59.4 cm³/mol. The van der Waals surface area contributed by atoms with E-state index in [4.69, 9.17) is 0 Å². The maximum absolute atomic E-state index is 11.1. The lowest BCUT2D eigenvalue weighted by atomic mass is 9.95. The van der Waals surface area contributed by atoms with Crippen molar-refractivity contribution in [1.29, 1.82) is 0 Å². The molecule has 76 valence electrons. The summed E-state index contributed by atoms with van der Waals surface area (Å²) < 4.78 is 0. The molecular weight excluding hydrogens is 172 g/mol. The van der Waals surface area contributed by atoms with Crippen molar-refractivity contribution in [2.45, 2.75) is 33.6 Å². The molecular formula is C13H18O. The highest BCUT2D eigenvalue weighted by molar-refractivity contribution is 5.78. The highest BCUT2D eigenvalue weighted by Gasteiger charge is 2.05. The van der Waals surface area contributed by atoms with Crippen LogP contribution in [0.2, 0.25) is 0 Å². The number of carbonyl (C=O) groups excluding carboxylic acids is 1. The van der Waals surface area contributed by atoms with E-state index in [1.165, 1.54) is 11.1 Å². The Morgan fingerprint density at radius 1 is 1.21 bits per heavy atom. The smallest absolute Gasteiger partial charge is 0.134 e. The van der Waals surface area contributed by atoms with E-state index in [2.05, 4.69) is 26.0 Å². The number of hydrogen-bond acceptors (Lipinski definition) is 1. The molecule has 0 aliphatic rings. The SMILES string of the molecule is CC(=O)Cc1ccccc1CC(C)C. The molecule has 0 aliphatic carbocycles. The second-order valence-corrected chi connectivity index (χ2v) is 4.25. The molecule has 0 saturated carbocycles. The Morgan fingerprint density at radius 3 is 2.29 bits per heavy atom. The van der Waals surface area contributed by atoms with Gasteiger partial charge in [0, 0.05) is 6.42 Å². The number of ketones is 1. The molecule has 0 radical (unpaired) electrons. The molecule has 0 unspecified atom stereocenters. The van der Waals surface area contributed by atoms with E-state index >= 15 is 0 Å². The van der Waals surface area contributed by atoms with Gasteiger partial charge >= 0.3 is 0 Å². The lowest BCUT2D eigenvalue weighted by molar-refractivity contribution is -0.116. The number of carbonyl (C=O) groups is 1. The average molecular weight is 190 g/mol. The Morgan fingerprint density at radius 2 is 1.79 bits per heavy atom. The van der Waals surface area contributed by atoms with Crippen molar-refractivity contribution >= 4 is 5.78 Å². The zero-order valence-corrected chi connectivity index (χ0v) is 9.21. The number of benzene rings is 1. The van der Waals surface area contributed by atoms with Crippen LogP contribution in [0.4, 0.5) is 0 Å². The van der Waals surface area contributed by atoms with E-state index in [0.717, 1.165) is 6.42 Å². The van der Waals surface area contributed by atoms with Gasteiger partial charge in [-0.3, -0.25) is 4.79 Å². The molecule has 14 heavy (non-hydrogen) atoms. The van der Waals surface area contributed by atoms with Crippen LogP contribution in [-0.4, -0.2) is 5.78 Å². The van der Waals surface area contributed by atoms with Gasteiger partial charge < -0.3 is 0 Å². The van der Waals surface area contributed by atoms with Gasteiger partial charge in [-0.1, -0.05) is 38.1 Å². The van der Waals surface area contributed by atoms with Gasteiger partial charge in [-0.2, -0.15) is 0 Å². The van der Waals surface area contributed by atoms with Crippen LogP contribution in [0.25, 0.3) is 0 Å². The van der Waals surface area contributed by atoms with Crippen molar-refractivity contribution < 1.29 is 4.79 Å². The first-order chi connectivity index (χ1) is 6.59. The maximum atomic E-state index is 11.1.